The third-order valence-electron chi connectivity index (χ3n) is 4.03. The highest BCUT2D eigenvalue weighted by Gasteiger charge is 2.18. The molecule has 2 amide bonds. The average Bonchev–Trinajstić information content (AvgIpc) is 2.64. The molecule has 2 aromatic carbocycles. The van der Waals surface area contributed by atoms with Gasteiger partial charge in [0, 0.05) is 19.3 Å². The number of hydrogen-bond donors (Lipinski definition) is 2. The Hall–Kier alpha value is -2.86. The van der Waals surface area contributed by atoms with E-state index in [2.05, 4.69) is 10.6 Å². The fraction of sp³-hybridized carbons (Fsp3) is 0.300. The molecule has 0 aliphatic heterocycles. The quantitative estimate of drug-likeness (QED) is 0.781. The second-order valence-corrected chi connectivity index (χ2v) is 5.98. The van der Waals surface area contributed by atoms with Gasteiger partial charge in [-0.1, -0.05) is 29.8 Å². The highest BCUT2D eigenvalue weighted by molar-refractivity contribution is 6.39. The van der Waals surface area contributed by atoms with Crippen LogP contribution in [-0.2, 0) is 14.3 Å². The minimum absolute atomic E-state index is 0.169. The number of rotatable bonds is 6. The van der Waals surface area contributed by atoms with Crippen molar-refractivity contribution in [1.29, 1.82) is 0 Å². The summed E-state index contributed by atoms with van der Waals surface area (Å²) in [4.78, 5) is 24.2. The van der Waals surface area contributed by atoms with Gasteiger partial charge in [-0.2, -0.15) is 0 Å². The first-order valence-electron chi connectivity index (χ1n) is 8.27. The topological polar surface area (TPSA) is 76.7 Å². The van der Waals surface area contributed by atoms with Crippen LogP contribution in [0.15, 0.2) is 42.5 Å². The van der Waals surface area contributed by atoms with Crippen molar-refractivity contribution in [2.24, 2.45) is 0 Å². The number of ether oxygens (including phenoxy) is 2. The van der Waals surface area contributed by atoms with Crippen molar-refractivity contribution in [3.63, 3.8) is 0 Å². The van der Waals surface area contributed by atoms with Gasteiger partial charge in [0.05, 0.1) is 13.2 Å². The van der Waals surface area contributed by atoms with Crippen molar-refractivity contribution >= 4 is 17.5 Å². The molecular formula is C20H24N2O4. The van der Waals surface area contributed by atoms with Crippen LogP contribution < -0.4 is 15.4 Å². The number of nitrogens with one attached hydrogen (secondary N) is 2. The molecule has 1 atom stereocenters. The van der Waals surface area contributed by atoms with Gasteiger partial charge in [0.1, 0.15) is 5.75 Å². The van der Waals surface area contributed by atoms with Crippen molar-refractivity contribution in [1.82, 2.24) is 5.32 Å². The molecule has 0 spiro atoms. The molecule has 6 heteroatoms. The number of carbonyl (C=O) groups excluding carboxylic acids is 2. The first kappa shape index (κ1) is 19.5. The van der Waals surface area contributed by atoms with E-state index in [4.69, 9.17) is 9.47 Å². The maximum Gasteiger partial charge on any atom is 0.313 e. The molecule has 0 radical (unpaired) electrons. The van der Waals surface area contributed by atoms with Gasteiger partial charge in [-0.25, -0.2) is 0 Å². The van der Waals surface area contributed by atoms with Crippen molar-refractivity contribution in [3.05, 3.63) is 59.2 Å². The summed E-state index contributed by atoms with van der Waals surface area (Å²) in [6.45, 7) is 4.02. The maximum absolute atomic E-state index is 12.1. The number of benzene rings is 2. The lowest BCUT2D eigenvalue weighted by molar-refractivity contribution is -0.136. The first-order chi connectivity index (χ1) is 12.4. The van der Waals surface area contributed by atoms with E-state index in [-0.39, 0.29) is 12.6 Å². The van der Waals surface area contributed by atoms with Crippen molar-refractivity contribution in [2.75, 3.05) is 26.1 Å². The normalized spacial score (nSPS) is 11.5. The summed E-state index contributed by atoms with van der Waals surface area (Å²) in [6, 6.07) is 13.0. The lowest BCUT2D eigenvalue weighted by atomic mass is 10.1. The number of hydrogen-bond acceptors (Lipinski definition) is 4. The van der Waals surface area contributed by atoms with Gasteiger partial charge < -0.3 is 20.1 Å². The third-order valence-corrected chi connectivity index (χ3v) is 4.03. The number of aryl methyl sites for hydroxylation is 2. The maximum atomic E-state index is 12.1. The summed E-state index contributed by atoms with van der Waals surface area (Å²) in [6.07, 6.45) is -0.386. The second-order valence-electron chi connectivity index (χ2n) is 5.98. The molecule has 138 valence electrons. The number of anilines is 1. The van der Waals surface area contributed by atoms with E-state index in [0.29, 0.717) is 11.4 Å². The summed E-state index contributed by atoms with van der Waals surface area (Å²) in [5.41, 5.74) is 3.46. The minimum atomic E-state index is -0.713. The Bertz CT molecular complexity index is 789. The van der Waals surface area contributed by atoms with E-state index in [1.165, 1.54) is 0 Å². The van der Waals surface area contributed by atoms with Crippen LogP contribution in [0, 0.1) is 13.8 Å². The summed E-state index contributed by atoms with van der Waals surface area (Å²) >= 11 is 0. The Morgan fingerprint density at radius 1 is 1.04 bits per heavy atom. The fourth-order valence-corrected chi connectivity index (χ4v) is 2.58. The average molecular weight is 356 g/mol. The second kappa shape index (κ2) is 9.01. The van der Waals surface area contributed by atoms with E-state index >= 15 is 0 Å². The molecule has 0 saturated heterocycles. The molecule has 0 saturated carbocycles. The Balaban J connectivity index is 1.96. The lowest BCUT2D eigenvalue weighted by Crippen LogP contribution is -2.38. The number of amides is 2. The van der Waals surface area contributed by atoms with Crippen LogP contribution in [0.1, 0.15) is 22.8 Å². The highest BCUT2D eigenvalue weighted by Crippen LogP contribution is 2.21. The van der Waals surface area contributed by atoms with Crippen LogP contribution in [0.2, 0.25) is 0 Å². The van der Waals surface area contributed by atoms with E-state index < -0.39 is 11.8 Å². The van der Waals surface area contributed by atoms with Gasteiger partial charge in [-0.15, -0.1) is 0 Å². The summed E-state index contributed by atoms with van der Waals surface area (Å²) in [5.74, 6) is -0.726. The molecule has 2 rings (SSSR count). The molecule has 2 aromatic rings. The monoisotopic (exact) mass is 356 g/mol. The molecule has 2 N–H and O–H groups in total. The third kappa shape index (κ3) is 5.07. The van der Waals surface area contributed by atoms with Crippen LogP contribution >= 0.6 is 0 Å². The lowest BCUT2D eigenvalue weighted by Gasteiger charge is -2.17. The van der Waals surface area contributed by atoms with Crippen molar-refractivity contribution in [3.8, 4) is 5.75 Å². The van der Waals surface area contributed by atoms with E-state index in [9.17, 15) is 9.59 Å². The van der Waals surface area contributed by atoms with Gasteiger partial charge in [-0.3, -0.25) is 9.59 Å². The summed E-state index contributed by atoms with van der Waals surface area (Å²) in [7, 11) is 3.13. The molecule has 26 heavy (non-hydrogen) atoms. The van der Waals surface area contributed by atoms with Crippen LogP contribution in [0.25, 0.3) is 0 Å². The molecule has 0 aliphatic rings. The first-order valence-corrected chi connectivity index (χ1v) is 8.27. The summed E-state index contributed by atoms with van der Waals surface area (Å²) in [5, 5.41) is 5.23. The van der Waals surface area contributed by atoms with Crippen molar-refractivity contribution < 1.29 is 19.1 Å². The Labute approximate surface area is 153 Å². The van der Waals surface area contributed by atoms with E-state index in [1.54, 1.807) is 20.3 Å². The minimum Gasteiger partial charge on any atom is -0.497 e. The molecule has 0 fully saturated rings. The molecule has 0 bridgehead atoms. The zero-order valence-electron chi connectivity index (χ0n) is 15.5. The van der Waals surface area contributed by atoms with Gasteiger partial charge in [-0.05, 0) is 43.2 Å². The van der Waals surface area contributed by atoms with Crippen LogP contribution in [-0.4, -0.2) is 32.6 Å². The van der Waals surface area contributed by atoms with E-state index in [1.807, 2.05) is 50.2 Å². The van der Waals surface area contributed by atoms with Crippen molar-refractivity contribution in [2.45, 2.75) is 20.0 Å². The van der Waals surface area contributed by atoms with Crippen LogP contribution in [0.4, 0.5) is 5.69 Å². The van der Waals surface area contributed by atoms with Gasteiger partial charge in [0.15, 0.2) is 0 Å². The predicted octanol–water partition coefficient (Wildman–Crippen LogP) is 2.75. The smallest absolute Gasteiger partial charge is 0.313 e. The number of methoxy groups -OCH3 is 2. The Kier molecular flexibility index (Phi) is 6.74. The number of carbonyl (C=O) groups is 2. The molecule has 0 heterocycles. The zero-order valence-corrected chi connectivity index (χ0v) is 15.5. The molecule has 1 unspecified atom stereocenters. The molecular weight excluding hydrogens is 332 g/mol. The molecule has 0 aromatic heterocycles. The SMILES string of the molecule is COc1cccc(C(CNC(=O)C(=O)Nc2ccc(C)cc2C)OC)c1. The highest BCUT2D eigenvalue weighted by atomic mass is 16.5. The van der Waals surface area contributed by atoms with Crippen LogP contribution in [0.5, 0.6) is 5.75 Å². The van der Waals surface area contributed by atoms with Crippen LogP contribution in [0.3, 0.4) is 0 Å². The summed E-state index contributed by atoms with van der Waals surface area (Å²) < 4.78 is 10.6. The van der Waals surface area contributed by atoms with E-state index in [0.717, 1.165) is 16.7 Å². The Morgan fingerprint density at radius 2 is 1.81 bits per heavy atom. The molecule has 0 aliphatic carbocycles. The predicted molar refractivity (Wildman–Crippen MR) is 100 cm³/mol. The van der Waals surface area contributed by atoms with Gasteiger partial charge in [0.2, 0.25) is 0 Å². The van der Waals surface area contributed by atoms with Gasteiger partial charge >= 0.3 is 11.8 Å². The largest absolute Gasteiger partial charge is 0.497 e. The zero-order chi connectivity index (χ0) is 19.1. The standard InChI is InChI=1S/C20H24N2O4/c1-13-8-9-17(14(2)10-13)22-20(24)19(23)21-12-18(26-4)15-6-5-7-16(11-15)25-3/h5-11,18H,12H2,1-4H3,(H,21,23)(H,22,24). The molecule has 6 nitrogen and oxygen atoms in total. The fourth-order valence-electron chi connectivity index (χ4n) is 2.58. The van der Waals surface area contributed by atoms with Gasteiger partial charge in [0.25, 0.3) is 0 Å². The Morgan fingerprint density at radius 3 is 2.46 bits per heavy atom.